The van der Waals surface area contributed by atoms with Gasteiger partial charge in [-0.1, -0.05) is 20.8 Å². The minimum atomic E-state index is 0.463. The van der Waals surface area contributed by atoms with Gasteiger partial charge in [0.05, 0.1) is 0 Å². The molecule has 2 N–H and O–H groups in total. The summed E-state index contributed by atoms with van der Waals surface area (Å²) in [5.41, 5.74) is 5.98. The monoisotopic (exact) mass is 155 g/mol. The quantitative estimate of drug-likeness (QED) is 0.534. The van der Waals surface area contributed by atoms with Gasteiger partial charge in [0.2, 0.25) is 0 Å². The van der Waals surface area contributed by atoms with Crippen LogP contribution in [0, 0.1) is 17.8 Å². The third-order valence-corrected chi connectivity index (χ3v) is 3.13. The molecule has 11 heavy (non-hydrogen) atoms. The zero-order valence-electron chi connectivity index (χ0n) is 8.01. The molecule has 0 saturated heterocycles. The fourth-order valence-electron chi connectivity index (χ4n) is 2.29. The average molecular weight is 155 g/mol. The van der Waals surface area contributed by atoms with E-state index in [9.17, 15) is 0 Å². The Morgan fingerprint density at radius 3 is 2.09 bits per heavy atom. The summed E-state index contributed by atoms with van der Waals surface area (Å²) < 4.78 is 0. The van der Waals surface area contributed by atoms with Crippen molar-refractivity contribution >= 4 is 0 Å². The van der Waals surface area contributed by atoms with E-state index in [0.717, 1.165) is 17.8 Å². The molecule has 0 spiro atoms. The Kier molecular flexibility index (Phi) is 2.94. The molecule has 0 aromatic rings. The van der Waals surface area contributed by atoms with Gasteiger partial charge in [0.25, 0.3) is 0 Å². The van der Waals surface area contributed by atoms with Crippen molar-refractivity contribution in [3.05, 3.63) is 0 Å². The third kappa shape index (κ3) is 2.48. The van der Waals surface area contributed by atoms with Crippen molar-refractivity contribution in [3.63, 3.8) is 0 Å². The molecular weight excluding hydrogens is 134 g/mol. The molecule has 1 saturated carbocycles. The van der Waals surface area contributed by atoms with E-state index in [1.54, 1.807) is 0 Å². The Hall–Kier alpha value is -0.0400. The molecule has 0 aromatic heterocycles. The van der Waals surface area contributed by atoms with Crippen LogP contribution >= 0.6 is 0 Å². The Labute approximate surface area is 70.4 Å². The fraction of sp³-hybridized carbons (Fsp3) is 1.00. The van der Waals surface area contributed by atoms with E-state index in [-0.39, 0.29) is 0 Å². The summed E-state index contributed by atoms with van der Waals surface area (Å²) in [6, 6.07) is 0.463. The topological polar surface area (TPSA) is 26.0 Å². The maximum Gasteiger partial charge on any atom is 0.00440 e. The van der Waals surface area contributed by atoms with E-state index >= 15 is 0 Å². The second-order valence-corrected chi connectivity index (χ2v) is 4.53. The van der Waals surface area contributed by atoms with Crippen molar-refractivity contribution in [2.45, 2.75) is 46.1 Å². The SMILES string of the molecule is CC1CC(N)CC(C)C(C)C1. The molecule has 1 fully saturated rings. The highest BCUT2D eigenvalue weighted by Gasteiger charge is 2.23. The normalized spacial score (nSPS) is 46.9. The maximum absolute atomic E-state index is 5.98. The van der Waals surface area contributed by atoms with Crippen LogP contribution in [-0.4, -0.2) is 6.04 Å². The minimum absolute atomic E-state index is 0.463. The molecule has 1 aliphatic carbocycles. The van der Waals surface area contributed by atoms with E-state index in [4.69, 9.17) is 5.73 Å². The first-order valence-electron chi connectivity index (χ1n) is 4.85. The van der Waals surface area contributed by atoms with Gasteiger partial charge in [0.15, 0.2) is 0 Å². The Morgan fingerprint density at radius 2 is 1.45 bits per heavy atom. The van der Waals surface area contributed by atoms with E-state index < -0.39 is 0 Å². The van der Waals surface area contributed by atoms with Crippen LogP contribution in [0.25, 0.3) is 0 Å². The zero-order valence-corrected chi connectivity index (χ0v) is 8.01. The number of rotatable bonds is 0. The Bertz CT molecular complexity index is 108. The average Bonchev–Trinajstić information content (AvgIpc) is 1.93. The summed E-state index contributed by atoms with van der Waals surface area (Å²) in [5.74, 6) is 2.54. The van der Waals surface area contributed by atoms with Crippen LogP contribution < -0.4 is 5.73 Å². The fourth-order valence-corrected chi connectivity index (χ4v) is 2.29. The zero-order chi connectivity index (χ0) is 8.43. The van der Waals surface area contributed by atoms with Gasteiger partial charge in [-0.3, -0.25) is 0 Å². The summed E-state index contributed by atoms with van der Waals surface area (Å²) in [6.45, 7) is 7.02. The van der Waals surface area contributed by atoms with Crippen LogP contribution in [0.5, 0.6) is 0 Å². The van der Waals surface area contributed by atoms with Crippen molar-refractivity contribution in [2.24, 2.45) is 23.5 Å². The number of hydrogen-bond donors (Lipinski definition) is 1. The molecule has 0 aromatic carbocycles. The molecule has 4 atom stereocenters. The Morgan fingerprint density at radius 1 is 0.909 bits per heavy atom. The lowest BCUT2D eigenvalue weighted by Crippen LogP contribution is -2.22. The van der Waals surface area contributed by atoms with E-state index in [2.05, 4.69) is 20.8 Å². The first kappa shape index (κ1) is 9.05. The highest BCUT2D eigenvalue weighted by Crippen LogP contribution is 2.30. The second-order valence-electron chi connectivity index (χ2n) is 4.53. The van der Waals surface area contributed by atoms with Crippen molar-refractivity contribution in [3.8, 4) is 0 Å². The van der Waals surface area contributed by atoms with Gasteiger partial charge in [-0.2, -0.15) is 0 Å². The first-order chi connectivity index (χ1) is 5.09. The second kappa shape index (κ2) is 3.57. The van der Waals surface area contributed by atoms with Crippen LogP contribution in [0.2, 0.25) is 0 Å². The Balaban J connectivity index is 2.51. The van der Waals surface area contributed by atoms with Crippen LogP contribution in [0.4, 0.5) is 0 Å². The lowest BCUT2D eigenvalue weighted by atomic mass is 9.89. The summed E-state index contributed by atoms with van der Waals surface area (Å²) >= 11 is 0. The summed E-state index contributed by atoms with van der Waals surface area (Å²) in [7, 11) is 0. The van der Waals surface area contributed by atoms with Crippen LogP contribution in [0.15, 0.2) is 0 Å². The minimum Gasteiger partial charge on any atom is -0.328 e. The molecule has 66 valence electrons. The van der Waals surface area contributed by atoms with Crippen molar-refractivity contribution in [1.29, 1.82) is 0 Å². The molecule has 1 aliphatic rings. The van der Waals surface area contributed by atoms with E-state index in [1.807, 2.05) is 0 Å². The highest BCUT2D eigenvalue weighted by atomic mass is 14.6. The number of nitrogens with two attached hydrogens (primary N) is 1. The van der Waals surface area contributed by atoms with Gasteiger partial charge in [0.1, 0.15) is 0 Å². The van der Waals surface area contributed by atoms with Gasteiger partial charge >= 0.3 is 0 Å². The van der Waals surface area contributed by atoms with Gasteiger partial charge in [-0.05, 0) is 37.0 Å². The predicted molar refractivity (Wildman–Crippen MR) is 49.3 cm³/mol. The van der Waals surface area contributed by atoms with Gasteiger partial charge in [-0.15, -0.1) is 0 Å². The molecule has 0 heterocycles. The molecule has 4 unspecified atom stereocenters. The molecule has 1 rings (SSSR count). The molecule has 1 nitrogen and oxygen atoms in total. The molecule has 0 amide bonds. The standard InChI is InChI=1S/C10H21N/c1-7-4-8(2)9(3)6-10(11)5-7/h7-10H,4-6,11H2,1-3H3. The molecule has 0 bridgehead atoms. The van der Waals surface area contributed by atoms with Crippen LogP contribution in [0.1, 0.15) is 40.0 Å². The summed E-state index contributed by atoms with van der Waals surface area (Å²) in [5, 5.41) is 0. The largest absolute Gasteiger partial charge is 0.328 e. The molecule has 1 heteroatoms. The summed E-state index contributed by atoms with van der Waals surface area (Å²) in [6.07, 6.45) is 3.83. The lowest BCUT2D eigenvalue weighted by molar-refractivity contribution is 0.338. The van der Waals surface area contributed by atoms with Crippen molar-refractivity contribution < 1.29 is 0 Å². The van der Waals surface area contributed by atoms with E-state index in [1.165, 1.54) is 19.3 Å². The van der Waals surface area contributed by atoms with Gasteiger partial charge < -0.3 is 5.73 Å². The smallest absolute Gasteiger partial charge is 0.00440 e. The molecule has 0 aliphatic heterocycles. The van der Waals surface area contributed by atoms with Gasteiger partial charge in [-0.25, -0.2) is 0 Å². The van der Waals surface area contributed by atoms with Gasteiger partial charge in [0, 0.05) is 6.04 Å². The first-order valence-corrected chi connectivity index (χ1v) is 4.85. The lowest BCUT2D eigenvalue weighted by Gasteiger charge is -2.17. The third-order valence-electron chi connectivity index (χ3n) is 3.13. The molecule has 0 radical (unpaired) electrons. The molecular formula is C10H21N. The van der Waals surface area contributed by atoms with Crippen molar-refractivity contribution in [2.75, 3.05) is 0 Å². The van der Waals surface area contributed by atoms with Crippen LogP contribution in [-0.2, 0) is 0 Å². The summed E-state index contributed by atoms with van der Waals surface area (Å²) in [4.78, 5) is 0. The number of hydrogen-bond acceptors (Lipinski definition) is 1. The van der Waals surface area contributed by atoms with E-state index in [0.29, 0.717) is 6.04 Å². The predicted octanol–water partition coefficient (Wildman–Crippen LogP) is 2.41. The van der Waals surface area contributed by atoms with Crippen LogP contribution in [0.3, 0.4) is 0 Å². The van der Waals surface area contributed by atoms with Crippen molar-refractivity contribution in [1.82, 2.24) is 0 Å². The maximum atomic E-state index is 5.98. The highest BCUT2D eigenvalue weighted by molar-refractivity contribution is 4.78.